The maximum absolute atomic E-state index is 4.85. The van der Waals surface area contributed by atoms with Crippen molar-refractivity contribution in [2.45, 2.75) is 33.1 Å². The van der Waals surface area contributed by atoms with Gasteiger partial charge >= 0.3 is 0 Å². The molecule has 150 valence electrons. The van der Waals surface area contributed by atoms with Crippen molar-refractivity contribution in [3.05, 3.63) is 71.1 Å². The molecule has 0 bridgehead atoms. The standard InChI is InChI=1S/C23H30N4.HI/c1-3-24-23(25-14-11-22-10-9-19(2)26-18-22)27-15-12-21(13-16-27)17-20-7-5-4-6-8-20;/h4-10,17-18H,3,11-16H2,1-2H3,(H,24,25);1H. The summed E-state index contributed by atoms with van der Waals surface area (Å²) in [7, 11) is 0. The highest BCUT2D eigenvalue weighted by Gasteiger charge is 2.17. The van der Waals surface area contributed by atoms with E-state index in [1.165, 1.54) is 16.7 Å². The van der Waals surface area contributed by atoms with Crippen LogP contribution in [0, 0.1) is 6.92 Å². The van der Waals surface area contributed by atoms with E-state index < -0.39 is 0 Å². The molecule has 0 atom stereocenters. The summed E-state index contributed by atoms with van der Waals surface area (Å²) in [4.78, 5) is 11.6. The van der Waals surface area contributed by atoms with Crippen molar-refractivity contribution in [2.24, 2.45) is 4.99 Å². The van der Waals surface area contributed by atoms with E-state index in [2.05, 4.69) is 70.7 Å². The average molecular weight is 490 g/mol. The molecule has 3 rings (SSSR count). The van der Waals surface area contributed by atoms with Crippen LogP contribution in [0.1, 0.15) is 36.6 Å². The van der Waals surface area contributed by atoms with Gasteiger partial charge in [-0.2, -0.15) is 0 Å². The lowest BCUT2D eigenvalue weighted by Crippen LogP contribution is -2.44. The molecule has 0 saturated carbocycles. The predicted octanol–water partition coefficient (Wildman–Crippen LogP) is 4.70. The second kappa shape index (κ2) is 11.8. The molecule has 0 aliphatic carbocycles. The fourth-order valence-corrected chi connectivity index (χ4v) is 3.30. The molecule has 0 spiro atoms. The minimum atomic E-state index is 0. The Morgan fingerprint density at radius 2 is 1.89 bits per heavy atom. The normalized spacial score (nSPS) is 14.4. The Kier molecular flexibility index (Phi) is 9.47. The summed E-state index contributed by atoms with van der Waals surface area (Å²) in [5.41, 5.74) is 5.13. The Balaban J connectivity index is 0.00000280. The highest BCUT2D eigenvalue weighted by molar-refractivity contribution is 14.0. The average Bonchev–Trinajstić information content (AvgIpc) is 2.70. The number of likely N-dealkylation sites (tertiary alicyclic amines) is 1. The Morgan fingerprint density at radius 3 is 2.54 bits per heavy atom. The number of hydrogen-bond donors (Lipinski definition) is 1. The predicted molar refractivity (Wildman–Crippen MR) is 129 cm³/mol. The number of aryl methyl sites for hydroxylation is 1. The van der Waals surface area contributed by atoms with E-state index in [0.717, 1.165) is 57.1 Å². The third-order valence-corrected chi connectivity index (χ3v) is 4.85. The summed E-state index contributed by atoms with van der Waals surface area (Å²) in [6.45, 7) is 7.88. The molecule has 1 aliphatic heterocycles. The maximum Gasteiger partial charge on any atom is 0.193 e. The van der Waals surface area contributed by atoms with Crippen LogP contribution in [0.25, 0.3) is 6.08 Å². The molecule has 2 heterocycles. The molecule has 1 N–H and O–H groups in total. The quantitative estimate of drug-likeness (QED) is 0.376. The molecule has 2 aromatic rings. The monoisotopic (exact) mass is 490 g/mol. The zero-order valence-electron chi connectivity index (χ0n) is 16.9. The lowest BCUT2D eigenvalue weighted by Gasteiger charge is -2.31. The van der Waals surface area contributed by atoms with Crippen LogP contribution in [-0.2, 0) is 6.42 Å². The molecule has 1 fully saturated rings. The van der Waals surface area contributed by atoms with E-state index >= 15 is 0 Å². The van der Waals surface area contributed by atoms with Crippen molar-refractivity contribution < 1.29 is 0 Å². The molecule has 0 amide bonds. The van der Waals surface area contributed by atoms with Crippen LogP contribution >= 0.6 is 24.0 Å². The molecule has 1 aromatic heterocycles. The van der Waals surface area contributed by atoms with Crippen molar-refractivity contribution in [2.75, 3.05) is 26.2 Å². The fraction of sp³-hybridized carbons (Fsp3) is 0.391. The summed E-state index contributed by atoms with van der Waals surface area (Å²) < 4.78 is 0. The molecular formula is C23H31IN4. The SMILES string of the molecule is CCNC(=NCCc1ccc(C)nc1)N1CCC(=Cc2ccccc2)CC1.I. The molecular weight excluding hydrogens is 459 g/mol. The number of piperidine rings is 1. The smallest absolute Gasteiger partial charge is 0.193 e. The van der Waals surface area contributed by atoms with Gasteiger partial charge in [0, 0.05) is 38.1 Å². The maximum atomic E-state index is 4.85. The fourth-order valence-electron chi connectivity index (χ4n) is 3.30. The van der Waals surface area contributed by atoms with E-state index in [4.69, 9.17) is 4.99 Å². The first-order valence-electron chi connectivity index (χ1n) is 9.94. The number of benzene rings is 1. The number of nitrogens with zero attached hydrogens (tertiary/aromatic N) is 3. The molecule has 28 heavy (non-hydrogen) atoms. The van der Waals surface area contributed by atoms with E-state index in [9.17, 15) is 0 Å². The molecule has 1 aromatic carbocycles. The molecule has 1 saturated heterocycles. The number of halogens is 1. The highest BCUT2D eigenvalue weighted by atomic mass is 127. The summed E-state index contributed by atoms with van der Waals surface area (Å²) in [5.74, 6) is 1.04. The van der Waals surface area contributed by atoms with E-state index in [1.54, 1.807) is 0 Å². The van der Waals surface area contributed by atoms with Gasteiger partial charge in [0.25, 0.3) is 0 Å². The van der Waals surface area contributed by atoms with Gasteiger partial charge in [-0.05, 0) is 50.3 Å². The van der Waals surface area contributed by atoms with Crippen LogP contribution < -0.4 is 5.32 Å². The van der Waals surface area contributed by atoms with E-state index in [1.807, 2.05) is 13.1 Å². The number of aliphatic imine (C=N–C) groups is 1. The van der Waals surface area contributed by atoms with E-state index in [-0.39, 0.29) is 24.0 Å². The van der Waals surface area contributed by atoms with Gasteiger partial charge in [0.05, 0.1) is 0 Å². The zero-order valence-corrected chi connectivity index (χ0v) is 19.2. The van der Waals surface area contributed by atoms with Crippen LogP contribution in [0.15, 0.2) is 59.2 Å². The third kappa shape index (κ3) is 6.93. The van der Waals surface area contributed by atoms with Gasteiger partial charge in [0.2, 0.25) is 0 Å². The van der Waals surface area contributed by atoms with Crippen molar-refractivity contribution in [1.29, 1.82) is 0 Å². The second-order valence-corrected chi connectivity index (χ2v) is 6.99. The minimum Gasteiger partial charge on any atom is -0.357 e. The first-order valence-corrected chi connectivity index (χ1v) is 9.94. The lowest BCUT2D eigenvalue weighted by atomic mass is 10.0. The van der Waals surface area contributed by atoms with Crippen molar-refractivity contribution >= 4 is 36.0 Å². The number of aromatic nitrogens is 1. The summed E-state index contributed by atoms with van der Waals surface area (Å²) in [5, 5.41) is 3.45. The Hall–Kier alpha value is -1.89. The van der Waals surface area contributed by atoms with Crippen LogP contribution in [0.4, 0.5) is 0 Å². The minimum absolute atomic E-state index is 0. The molecule has 5 heteroatoms. The van der Waals surface area contributed by atoms with E-state index in [0.29, 0.717) is 0 Å². The summed E-state index contributed by atoms with van der Waals surface area (Å²) in [6, 6.07) is 14.8. The van der Waals surface area contributed by atoms with Gasteiger partial charge < -0.3 is 10.2 Å². The topological polar surface area (TPSA) is 40.5 Å². The third-order valence-electron chi connectivity index (χ3n) is 4.85. The van der Waals surface area contributed by atoms with Gasteiger partial charge in [0.15, 0.2) is 5.96 Å². The van der Waals surface area contributed by atoms with Crippen LogP contribution in [0.2, 0.25) is 0 Å². The molecule has 0 radical (unpaired) electrons. The number of pyridine rings is 1. The Labute approximate surface area is 186 Å². The van der Waals surface area contributed by atoms with Crippen LogP contribution in [0.5, 0.6) is 0 Å². The van der Waals surface area contributed by atoms with Gasteiger partial charge in [-0.1, -0.05) is 48.0 Å². The van der Waals surface area contributed by atoms with Crippen molar-refractivity contribution in [3.8, 4) is 0 Å². The van der Waals surface area contributed by atoms with Gasteiger partial charge in [-0.3, -0.25) is 9.98 Å². The van der Waals surface area contributed by atoms with Crippen LogP contribution in [-0.4, -0.2) is 42.0 Å². The second-order valence-electron chi connectivity index (χ2n) is 6.99. The summed E-state index contributed by atoms with van der Waals surface area (Å²) >= 11 is 0. The van der Waals surface area contributed by atoms with Gasteiger partial charge in [-0.15, -0.1) is 24.0 Å². The number of guanidine groups is 1. The largest absolute Gasteiger partial charge is 0.357 e. The zero-order chi connectivity index (χ0) is 18.9. The highest BCUT2D eigenvalue weighted by Crippen LogP contribution is 2.19. The lowest BCUT2D eigenvalue weighted by molar-refractivity contribution is 0.375. The van der Waals surface area contributed by atoms with Crippen LogP contribution in [0.3, 0.4) is 0 Å². The Morgan fingerprint density at radius 1 is 1.14 bits per heavy atom. The van der Waals surface area contributed by atoms with Crippen molar-refractivity contribution in [1.82, 2.24) is 15.2 Å². The number of nitrogens with one attached hydrogen (secondary N) is 1. The first-order chi connectivity index (χ1) is 13.2. The molecule has 1 aliphatic rings. The molecule has 4 nitrogen and oxygen atoms in total. The van der Waals surface area contributed by atoms with Gasteiger partial charge in [-0.25, -0.2) is 0 Å². The Bertz CT molecular complexity index is 759. The number of rotatable bonds is 5. The van der Waals surface area contributed by atoms with Crippen molar-refractivity contribution in [3.63, 3.8) is 0 Å². The summed E-state index contributed by atoms with van der Waals surface area (Å²) in [6.07, 6.45) is 7.42. The first kappa shape index (κ1) is 22.4. The number of hydrogen-bond acceptors (Lipinski definition) is 2. The molecule has 0 unspecified atom stereocenters. The van der Waals surface area contributed by atoms with Gasteiger partial charge in [0.1, 0.15) is 0 Å².